The topological polar surface area (TPSA) is 78.9 Å². The van der Waals surface area contributed by atoms with E-state index in [-0.39, 0.29) is 12.1 Å². The first-order valence-corrected chi connectivity index (χ1v) is 6.97. The molecule has 6 heteroatoms. The van der Waals surface area contributed by atoms with Crippen LogP contribution >= 0.6 is 0 Å². The molecule has 0 aromatic rings. The van der Waals surface area contributed by atoms with Crippen LogP contribution in [0.25, 0.3) is 0 Å². The lowest BCUT2D eigenvalue weighted by Gasteiger charge is -2.28. The van der Waals surface area contributed by atoms with E-state index in [2.05, 4.69) is 4.74 Å². The Kier molecular flexibility index (Phi) is 2.90. The molecule has 0 spiro atoms. The molecule has 3 aliphatic heterocycles. The third kappa shape index (κ3) is 1.78. The summed E-state index contributed by atoms with van der Waals surface area (Å²) in [7, 11) is 0. The molecule has 0 radical (unpaired) electrons. The quantitative estimate of drug-likeness (QED) is 0.563. The summed E-state index contributed by atoms with van der Waals surface area (Å²) >= 11 is 0. The fourth-order valence-corrected chi connectivity index (χ4v) is 3.06. The molecule has 110 valence electrons. The van der Waals surface area contributed by atoms with E-state index in [9.17, 15) is 14.4 Å². The van der Waals surface area contributed by atoms with Crippen LogP contribution in [0.15, 0.2) is 0 Å². The maximum Gasteiger partial charge on any atom is 0.320 e. The van der Waals surface area contributed by atoms with Crippen LogP contribution in [0.2, 0.25) is 0 Å². The van der Waals surface area contributed by atoms with Gasteiger partial charge in [0.2, 0.25) is 0 Å². The Bertz CT molecular complexity index is 482. The highest BCUT2D eigenvalue weighted by atomic mass is 16.6. The van der Waals surface area contributed by atoms with Gasteiger partial charge in [0.15, 0.2) is 0 Å². The van der Waals surface area contributed by atoms with Crippen molar-refractivity contribution in [1.29, 1.82) is 0 Å². The Hall–Kier alpha value is -1.43. The highest BCUT2D eigenvalue weighted by Gasteiger charge is 2.65. The molecule has 0 N–H and O–H groups in total. The molecular weight excluding hydrogens is 264 g/mol. The Morgan fingerprint density at radius 2 is 1.95 bits per heavy atom. The number of fused-ring (bicyclic) bond motifs is 5. The van der Waals surface area contributed by atoms with Crippen LogP contribution in [0.5, 0.6) is 0 Å². The van der Waals surface area contributed by atoms with Crippen LogP contribution in [0.4, 0.5) is 0 Å². The number of esters is 3. The zero-order chi connectivity index (χ0) is 14.7. The van der Waals surface area contributed by atoms with Gasteiger partial charge in [0.05, 0.1) is 17.4 Å². The highest BCUT2D eigenvalue weighted by Crippen LogP contribution is 2.49. The van der Waals surface area contributed by atoms with E-state index in [4.69, 9.17) is 9.47 Å². The predicted octanol–water partition coefficient (Wildman–Crippen LogP) is 0.821. The number of carbonyl (C=O) groups excluding carboxylic acids is 3. The van der Waals surface area contributed by atoms with Gasteiger partial charge in [0.1, 0.15) is 18.1 Å². The molecular formula is C14H18O6. The van der Waals surface area contributed by atoms with E-state index in [0.717, 1.165) is 0 Å². The van der Waals surface area contributed by atoms with Crippen LogP contribution in [0.3, 0.4) is 0 Å². The van der Waals surface area contributed by atoms with Crippen LogP contribution < -0.4 is 0 Å². The Morgan fingerprint density at radius 1 is 1.30 bits per heavy atom. The Morgan fingerprint density at radius 3 is 2.60 bits per heavy atom. The van der Waals surface area contributed by atoms with Gasteiger partial charge in [-0.15, -0.1) is 0 Å². The minimum absolute atomic E-state index is 0.296. The second-order valence-corrected chi connectivity index (χ2v) is 6.35. The monoisotopic (exact) mass is 282 g/mol. The molecule has 3 heterocycles. The Balaban J connectivity index is 1.73. The normalized spacial score (nSPS) is 38.9. The molecule has 5 atom stereocenters. The number of cyclic esters (lactones) is 2. The zero-order valence-corrected chi connectivity index (χ0v) is 11.8. The third-order valence-corrected chi connectivity index (χ3v) is 4.74. The molecule has 3 rings (SSSR count). The van der Waals surface area contributed by atoms with Crippen molar-refractivity contribution in [1.82, 2.24) is 0 Å². The summed E-state index contributed by atoms with van der Waals surface area (Å²) in [5.41, 5.74) is -0.562. The summed E-state index contributed by atoms with van der Waals surface area (Å²) < 4.78 is 15.8. The van der Waals surface area contributed by atoms with Gasteiger partial charge < -0.3 is 14.2 Å². The number of carbonyl (C=O) groups is 3. The van der Waals surface area contributed by atoms with Crippen molar-refractivity contribution >= 4 is 17.9 Å². The van der Waals surface area contributed by atoms with Gasteiger partial charge in [-0.25, -0.2) is 0 Å². The van der Waals surface area contributed by atoms with Gasteiger partial charge >= 0.3 is 17.9 Å². The van der Waals surface area contributed by atoms with E-state index in [1.54, 1.807) is 0 Å². The van der Waals surface area contributed by atoms with Crippen LogP contribution in [0.1, 0.15) is 33.6 Å². The minimum Gasteiger partial charge on any atom is -0.459 e. The molecule has 3 fully saturated rings. The maximum atomic E-state index is 12.1. The average Bonchev–Trinajstić information content (AvgIpc) is 3.02. The number of hydrogen-bond donors (Lipinski definition) is 0. The van der Waals surface area contributed by atoms with Gasteiger partial charge in [-0.1, -0.05) is 6.92 Å². The molecule has 6 nitrogen and oxygen atoms in total. The van der Waals surface area contributed by atoms with E-state index in [1.165, 1.54) is 0 Å². The van der Waals surface area contributed by atoms with Crippen molar-refractivity contribution < 1.29 is 28.6 Å². The molecule has 0 amide bonds. The third-order valence-electron chi connectivity index (χ3n) is 4.74. The summed E-state index contributed by atoms with van der Waals surface area (Å²) in [6.07, 6.45) is -0.245. The predicted molar refractivity (Wildman–Crippen MR) is 65.3 cm³/mol. The van der Waals surface area contributed by atoms with Crippen molar-refractivity contribution in [3.63, 3.8) is 0 Å². The van der Waals surface area contributed by atoms with Gasteiger partial charge in [0.25, 0.3) is 0 Å². The van der Waals surface area contributed by atoms with E-state index >= 15 is 0 Å². The minimum atomic E-state index is -0.608. The maximum absolute atomic E-state index is 12.1. The second-order valence-electron chi connectivity index (χ2n) is 6.35. The van der Waals surface area contributed by atoms with E-state index < -0.39 is 41.4 Å². The summed E-state index contributed by atoms with van der Waals surface area (Å²) in [5.74, 6) is -2.48. The van der Waals surface area contributed by atoms with Crippen molar-refractivity contribution in [2.75, 3.05) is 0 Å². The molecule has 0 aromatic heterocycles. The highest BCUT2D eigenvalue weighted by molar-refractivity contribution is 5.98. The average molecular weight is 282 g/mol. The molecule has 2 bridgehead atoms. The molecule has 5 unspecified atom stereocenters. The Labute approximate surface area is 116 Å². The SMILES string of the molecule is CCC(C)(C)C(=O)OC1CC2OC1C1C(=O)OC(=O)C21. The van der Waals surface area contributed by atoms with E-state index in [0.29, 0.717) is 12.8 Å². The van der Waals surface area contributed by atoms with Crippen molar-refractivity contribution in [3.05, 3.63) is 0 Å². The van der Waals surface area contributed by atoms with E-state index in [1.807, 2.05) is 20.8 Å². The summed E-state index contributed by atoms with van der Waals surface area (Å²) in [5, 5.41) is 0. The van der Waals surface area contributed by atoms with Crippen LogP contribution in [-0.2, 0) is 28.6 Å². The van der Waals surface area contributed by atoms with Crippen molar-refractivity contribution in [2.24, 2.45) is 17.3 Å². The van der Waals surface area contributed by atoms with Crippen LogP contribution in [-0.4, -0.2) is 36.2 Å². The fraction of sp³-hybridized carbons (Fsp3) is 0.786. The second kappa shape index (κ2) is 4.28. The molecule has 3 saturated heterocycles. The largest absolute Gasteiger partial charge is 0.459 e. The molecule has 0 aliphatic carbocycles. The lowest BCUT2D eigenvalue weighted by molar-refractivity contribution is -0.166. The van der Waals surface area contributed by atoms with Crippen LogP contribution in [0, 0.1) is 17.3 Å². The number of rotatable bonds is 3. The first-order valence-electron chi connectivity index (χ1n) is 6.97. The molecule has 0 aromatic carbocycles. The molecule has 20 heavy (non-hydrogen) atoms. The van der Waals surface area contributed by atoms with Gasteiger partial charge in [-0.3, -0.25) is 14.4 Å². The first kappa shape index (κ1) is 13.5. The van der Waals surface area contributed by atoms with Gasteiger partial charge in [-0.05, 0) is 20.3 Å². The summed E-state index contributed by atoms with van der Waals surface area (Å²) in [6.45, 7) is 5.56. The fourth-order valence-electron chi connectivity index (χ4n) is 3.06. The number of hydrogen-bond acceptors (Lipinski definition) is 6. The van der Waals surface area contributed by atoms with Crippen molar-refractivity contribution in [2.45, 2.75) is 51.9 Å². The zero-order valence-electron chi connectivity index (χ0n) is 11.8. The lowest BCUT2D eigenvalue weighted by atomic mass is 9.79. The standard InChI is InChI=1S/C14H18O6/c1-4-14(2,3)13(17)19-7-5-6-8-9(10(7)18-6)12(16)20-11(8)15/h6-10H,4-5H2,1-3H3. The summed E-state index contributed by atoms with van der Waals surface area (Å²) in [4.78, 5) is 35.3. The molecule has 0 saturated carbocycles. The van der Waals surface area contributed by atoms with Crippen molar-refractivity contribution in [3.8, 4) is 0 Å². The number of ether oxygens (including phenoxy) is 3. The first-order chi connectivity index (χ1) is 9.35. The summed E-state index contributed by atoms with van der Waals surface area (Å²) in [6, 6.07) is 0. The van der Waals surface area contributed by atoms with Gasteiger partial charge in [-0.2, -0.15) is 0 Å². The molecule has 3 aliphatic rings. The lowest BCUT2D eigenvalue weighted by Crippen LogP contribution is -2.42. The van der Waals surface area contributed by atoms with Gasteiger partial charge in [0, 0.05) is 6.42 Å². The smallest absolute Gasteiger partial charge is 0.320 e.